The summed E-state index contributed by atoms with van der Waals surface area (Å²) in [6, 6.07) is 0. The van der Waals surface area contributed by atoms with Gasteiger partial charge < -0.3 is 0 Å². The Morgan fingerprint density at radius 2 is 2.29 bits per heavy atom. The smallest absolute Gasteiger partial charge is 0.0183 e. The van der Waals surface area contributed by atoms with E-state index in [1.54, 1.807) is 0 Å². The van der Waals surface area contributed by atoms with Gasteiger partial charge in [0.05, 0.1) is 0 Å². The second kappa shape index (κ2) is 2.51. The lowest BCUT2D eigenvalue weighted by Gasteiger charge is -2.07. The molecule has 7 heavy (non-hydrogen) atoms. The number of hydrogen-bond acceptors (Lipinski definition) is 0. The first-order valence-electron chi connectivity index (χ1n) is 2.68. The maximum atomic E-state index is 3.54. The standard InChI is InChI=1S/C6H9Br/c7-6-4-2-1-3-5-6/h1-2,6H,3-5H2. The third-order valence-corrected chi connectivity index (χ3v) is 2.04. The van der Waals surface area contributed by atoms with Crippen molar-refractivity contribution in [1.82, 2.24) is 0 Å². The predicted octanol–water partition coefficient (Wildman–Crippen LogP) is 2.49. The van der Waals surface area contributed by atoms with Crippen molar-refractivity contribution in [3.63, 3.8) is 0 Å². The molecule has 0 N–H and O–H groups in total. The quantitative estimate of drug-likeness (QED) is 0.378. The fourth-order valence-electron chi connectivity index (χ4n) is 0.757. The second-order valence-corrected chi connectivity index (χ2v) is 3.18. The van der Waals surface area contributed by atoms with Gasteiger partial charge in [0.15, 0.2) is 0 Å². The first kappa shape index (κ1) is 5.36. The highest BCUT2D eigenvalue weighted by molar-refractivity contribution is 9.09. The van der Waals surface area contributed by atoms with Crippen LogP contribution >= 0.6 is 15.9 Å². The molecule has 1 aliphatic rings. The monoisotopic (exact) mass is 160 g/mol. The second-order valence-electron chi connectivity index (χ2n) is 1.88. The van der Waals surface area contributed by atoms with Crippen LogP contribution in [0, 0.1) is 0 Å². The highest BCUT2D eigenvalue weighted by atomic mass is 79.9. The van der Waals surface area contributed by atoms with Gasteiger partial charge in [-0.3, -0.25) is 0 Å². The molecule has 0 fully saturated rings. The summed E-state index contributed by atoms with van der Waals surface area (Å²) in [7, 11) is 0. The number of rotatable bonds is 0. The van der Waals surface area contributed by atoms with Crippen LogP contribution in [0.1, 0.15) is 19.3 Å². The fraction of sp³-hybridized carbons (Fsp3) is 0.667. The van der Waals surface area contributed by atoms with Gasteiger partial charge >= 0.3 is 0 Å². The minimum Gasteiger partial charge on any atom is -0.0887 e. The van der Waals surface area contributed by atoms with Crippen molar-refractivity contribution in [2.24, 2.45) is 0 Å². The molecule has 0 radical (unpaired) electrons. The molecule has 0 heterocycles. The molecule has 1 heteroatoms. The lowest BCUT2D eigenvalue weighted by Crippen LogP contribution is -1.97. The summed E-state index contributed by atoms with van der Waals surface area (Å²) in [5.41, 5.74) is 0. The van der Waals surface area contributed by atoms with Crippen molar-refractivity contribution in [2.45, 2.75) is 24.1 Å². The molecule has 0 saturated carbocycles. The number of alkyl halides is 1. The molecule has 0 nitrogen and oxygen atoms in total. The van der Waals surface area contributed by atoms with Gasteiger partial charge in [-0.15, -0.1) is 0 Å². The van der Waals surface area contributed by atoms with Crippen LogP contribution in [-0.2, 0) is 0 Å². The summed E-state index contributed by atoms with van der Waals surface area (Å²) in [4.78, 5) is 0.762. The van der Waals surface area contributed by atoms with E-state index in [0.717, 1.165) is 4.83 Å². The van der Waals surface area contributed by atoms with Crippen LogP contribution in [0.2, 0.25) is 0 Å². The maximum absolute atomic E-state index is 3.54. The summed E-state index contributed by atoms with van der Waals surface area (Å²) in [6.07, 6.45) is 8.28. The third-order valence-electron chi connectivity index (χ3n) is 1.21. The molecule has 0 aromatic heterocycles. The van der Waals surface area contributed by atoms with Gasteiger partial charge in [0.25, 0.3) is 0 Å². The van der Waals surface area contributed by atoms with Gasteiger partial charge in [-0.05, 0) is 19.3 Å². The molecule has 40 valence electrons. The lowest BCUT2D eigenvalue weighted by atomic mass is 10.1. The number of allylic oxidation sites excluding steroid dienone is 2. The van der Waals surface area contributed by atoms with Crippen molar-refractivity contribution in [3.05, 3.63) is 12.2 Å². The molecule has 0 aromatic carbocycles. The Hall–Kier alpha value is 0.220. The predicted molar refractivity (Wildman–Crippen MR) is 35.7 cm³/mol. The normalized spacial score (nSPS) is 30.7. The molecule has 0 spiro atoms. The summed E-state index contributed by atoms with van der Waals surface area (Å²) in [5, 5.41) is 0. The minimum absolute atomic E-state index is 0.762. The van der Waals surface area contributed by atoms with Crippen LogP contribution < -0.4 is 0 Å². The minimum atomic E-state index is 0.762. The first-order valence-corrected chi connectivity index (χ1v) is 3.60. The fourth-order valence-corrected chi connectivity index (χ4v) is 1.24. The Morgan fingerprint density at radius 3 is 2.57 bits per heavy atom. The number of hydrogen-bond donors (Lipinski definition) is 0. The third kappa shape index (κ3) is 1.64. The van der Waals surface area contributed by atoms with Gasteiger partial charge in [-0.1, -0.05) is 28.1 Å². The summed E-state index contributed by atoms with van der Waals surface area (Å²) in [5.74, 6) is 0. The van der Waals surface area contributed by atoms with Crippen LogP contribution in [0.3, 0.4) is 0 Å². The highest BCUT2D eigenvalue weighted by Crippen LogP contribution is 2.17. The lowest BCUT2D eigenvalue weighted by molar-refractivity contribution is 0.759. The van der Waals surface area contributed by atoms with Crippen LogP contribution in [0.5, 0.6) is 0 Å². The molecule has 0 amide bonds. The Bertz CT molecular complexity index is 76.2. The van der Waals surface area contributed by atoms with E-state index in [-0.39, 0.29) is 0 Å². The van der Waals surface area contributed by atoms with E-state index >= 15 is 0 Å². The van der Waals surface area contributed by atoms with E-state index in [2.05, 4.69) is 28.1 Å². The molecule has 1 atom stereocenters. The van der Waals surface area contributed by atoms with Crippen molar-refractivity contribution in [3.8, 4) is 0 Å². The van der Waals surface area contributed by atoms with E-state index < -0.39 is 0 Å². The Labute approximate surface area is 52.7 Å². The van der Waals surface area contributed by atoms with E-state index in [0.29, 0.717) is 0 Å². The van der Waals surface area contributed by atoms with Gasteiger partial charge in [0.2, 0.25) is 0 Å². The Balaban J connectivity index is 2.32. The maximum Gasteiger partial charge on any atom is 0.0183 e. The Kier molecular flexibility index (Phi) is 1.92. The molecular weight excluding hydrogens is 152 g/mol. The summed E-state index contributed by atoms with van der Waals surface area (Å²) < 4.78 is 0. The van der Waals surface area contributed by atoms with Gasteiger partial charge in [-0.25, -0.2) is 0 Å². The summed E-state index contributed by atoms with van der Waals surface area (Å²) >= 11 is 3.54. The van der Waals surface area contributed by atoms with Gasteiger partial charge in [0, 0.05) is 4.83 Å². The van der Waals surface area contributed by atoms with Gasteiger partial charge in [0.1, 0.15) is 0 Å². The van der Waals surface area contributed by atoms with Gasteiger partial charge in [-0.2, -0.15) is 0 Å². The number of halogens is 1. The Morgan fingerprint density at radius 1 is 1.43 bits per heavy atom. The van der Waals surface area contributed by atoms with Crippen molar-refractivity contribution in [2.75, 3.05) is 0 Å². The van der Waals surface area contributed by atoms with Crippen LogP contribution in [0.15, 0.2) is 12.2 Å². The molecule has 0 bridgehead atoms. The zero-order valence-corrected chi connectivity index (χ0v) is 5.82. The van der Waals surface area contributed by atoms with E-state index in [1.807, 2.05) is 0 Å². The van der Waals surface area contributed by atoms with Crippen LogP contribution in [0.4, 0.5) is 0 Å². The zero-order chi connectivity index (χ0) is 5.11. The largest absolute Gasteiger partial charge is 0.0887 e. The van der Waals surface area contributed by atoms with E-state index in [1.165, 1.54) is 19.3 Å². The average Bonchev–Trinajstić information content (AvgIpc) is 1.69. The highest BCUT2D eigenvalue weighted by Gasteiger charge is 2.02. The SMILES string of the molecule is BrC1CC=CCC1. The van der Waals surface area contributed by atoms with E-state index in [4.69, 9.17) is 0 Å². The topological polar surface area (TPSA) is 0 Å². The van der Waals surface area contributed by atoms with Crippen LogP contribution in [0.25, 0.3) is 0 Å². The van der Waals surface area contributed by atoms with Crippen molar-refractivity contribution in [1.29, 1.82) is 0 Å². The molecule has 1 unspecified atom stereocenters. The molecule has 1 rings (SSSR count). The van der Waals surface area contributed by atoms with Crippen molar-refractivity contribution >= 4 is 15.9 Å². The molecule has 0 aliphatic heterocycles. The van der Waals surface area contributed by atoms with E-state index in [9.17, 15) is 0 Å². The summed E-state index contributed by atoms with van der Waals surface area (Å²) in [6.45, 7) is 0. The molecule has 0 saturated heterocycles. The zero-order valence-electron chi connectivity index (χ0n) is 4.23. The molecule has 0 aromatic rings. The average molecular weight is 161 g/mol. The van der Waals surface area contributed by atoms with Crippen LogP contribution in [-0.4, -0.2) is 4.83 Å². The molecule has 1 aliphatic carbocycles. The molecular formula is C6H9Br. The first-order chi connectivity index (χ1) is 3.39. The van der Waals surface area contributed by atoms with Crippen molar-refractivity contribution < 1.29 is 0 Å².